The molecule has 1 aromatic carbocycles. The fourth-order valence-electron chi connectivity index (χ4n) is 5.89. The minimum atomic E-state index is -2.52. The summed E-state index contributed by atoms with van der Waals surface area (Å²) in [7, 11) is -2.52. The molecule has 3 aromatic heterocycles. The lowest BCUT2D eigenvalue weighted by molar-refractivity contribution is -0.141. The van der Waals surface area contributed by atoms with Crippen LogP contribution >= 0.6 is 21.9 Å². The van der Waals surface area contributed by atoms with Gasteiger partial charge in [-0.3, -0.25) is 19.0 Å². The molecular formula is C25H28N6O4S2. The van der Waals surface area contributed by atoms with Gasteiger partial charge in [0.2, 0.25) is 5.91 Å². The number of aryl methyl sites for hydroxylation is 1. The van der Waals surface area contributed by atoms with E-state index in [1.54, 1.807) is 23.9 Å². The van der Waals surface area contributed by atoms with Crippen LogP contribution < -0.4 is 10.1 Å². The van der Waals surface area contributed by atoms with Gasteiger partial charge in [0.15, 0.2) is 0 Å². The molecule has 0 unspecified atom stereocenters. The Labute approximate surface area is 218 Å². The summed E-state index contributed by atoms with van der Waals surface area (Å²) in [6.45, 7) is 3.45. The number of ether oxygens (including phenoxy) is 1. The molecule has 1 aliphatic carbocycles. The highest BCUT2D eigenvalue weighted by atomic mass is 32.3. The molecule has 194 valence electrons. The number of hydrogen-bond acceptors (Lipinski definition) is 9. The molecule has 12 heteroatoms. The highest BCUT2D eigenvalue weighted by Crippen LogP contribution is 2.67. The second-order valence-corrected chi connectivity index (χ2v) is 13.9. The number of carbonyl (C=O) groups is 1. The van der Waals surface area contributed by atoms with Gasteiger partial charge in [-0.05, 0) is 44.2 Å². The van der Waals surface area contributed by atoms with Gasteiger partial charge < -0.3 is 15.0 Å². The minimum absolute atomic E-state index is 0.0859. The molecule has 4 N–H and O–H groups in total. The summed E-state index contributed by atoms with van der Waals surface area (Å²) in [5.74, 6) is 1.97. The van der Waals surface area contributed by atoms with E-state index < -0.39 is 15.3 Å². The molecule has 7 rings (SSSR count). The Kier molecular flexibility index (Phi) is 5.20. The third-order valence-corrected chi connectivity index (χ3v) is 11.9. The molecule has 5 heterocycles. The van der Waals surface area contributed by atoms with Crippen LogP contribution in [0.1, 0.15) is 30.2 Å². The van der Waals surface area contributed by atoms with Gasteiger partial charge in [-0.2, -0.15) is 15.7 Å². The zero-order valence-corrected chi connectivity index (χ0v) is 22.0. The number of nitrogens with one attached hydrogen (secondary N) is 2. The van der Waals surface area contributed by atoms with Gasteiger partial charge in [-0.1, -0.05) is 0 Å². The number of aromatic nitrogens is 4. The van der Waals surface area contributed by atoms with Gasteiger partial charge in [0.1, 0.15) is 22.7 Å². The van der Waals surface area contributed by atoms with Crippen molar-refractivity contribution in [3.8, 4) is 5.75 Å². The zero-order valence-electron chi connectivity index (χ0n) is 20.4. The molecule has 2 fully saturated rings. The fourth-order valence-corrected chi connectivity index (χ4v) is 9.03. The first-order valence-electron chi connectivity index (χ1n) is 12.5. The maximum atomic E-state index is 13.3. The third kappa shape index (κ3) is 3.53. The Balaban J connectivity index is 1.15. The molecule has 0 bridgehead atoms. The average Bonchev–Trinajstić information content (AvgIpc) is 3.46. The number of likely N-dealkylation sites (tertiary alicyclic amines) is 1. The predicted octanol–water partition coefficient (Wildman–Crippen LogP) is 4.55. The van der Waals surface area contributed by atoms with Crippen LogP contribution in [0, 0.1) is 5.92 Å². The Morgan fingerprint density at radius 1 is 1.35 bits per heavy atom. The highest BCUT2D eigenvalue weighted by Gasteiger charge is 2.60. The normalized spacial score (nSPS) is 22.4. The summed E-state index contributed by atoms with van der Waals surface area (Å²) in [6, 6.07) is 3.94. The van der Waals surface area contributed by atoms with E-state index in [1.165, 1.54) is 10.4 Å². The van der Waals surface area contributed by atoms with Gasteiger partial charge >= 0.3 is 0 Å². The number of aromatic amines is 1. The fraction of sp³-hybridized carbons (Fsp3) is 0.440. The second kappa shape index (κ2) is 8.29. The maximum absolute atomic E-state index is 13.3. The average molecular weight is 541 g/mol. The monoisotopic (exact) mass is 540 g/mol. The van der Waals surface area contributed by atoms with Crippen LogP contribution in [0.2, 0.25) is 0 Å². The van der Waals surface area contributed by atoms with E-state index in [1.807, 2.05) is 24.0 Å². The van der Waals surface area contributed by atoms with Crippen LogP contribution in [0.4, 0.5) is 11.5 Å². The zero-order chi connectivity index (χ0) is 25.4. The van der Waals surface area contributed by atoms with E-state index >= 15 is 0 Å². The van der Waals surface area contributed by atoms with Crippen LogP contribution in [0.25, 0.3) is 21.1 Å². The maximum Gasteiger partial charge on any atom is 0.226 e. The van der Waals surface area contributed by atoms with Crippen molar-refractivity contribution in [2.45, 2.75) is 37.4 Å². The number of H-pyrrole nitrogens is 1. The molecule has 2 saturated heterocycles. The minimum Gasteiger partial charge on any atom is -0.492 e. The van der Waals surface area contributed by atoms with Crippen molar-refractivity contribution in [3.05, 3.63) is 35.1 Å². The Morgan fingerprint density at radius 3 is 2.97 bits per heavy atom. The molecule has 1 amide bonds. The van der Waals surface area contributed by atoms with Crippen LogP contribution in [0.15, 0.2) is 24.7 Å². The van der Waals surface area contributed by atoms with Crippen molar-refractivity contribution >= 4 is 60.5 Å². The highest BCUT2D eigenvalue weighted by molar-refractivity contribution is 8.26. The Hall–Kier alpha value is -2.93. The first-order chi connectivity index (χ1) is 17.9. The van der Waals surface area contributed by atoms with Crippen LogP contribution in [-0.4, -0.2) is 70.3 Å². The summed E-state index contributed by atoms with van der Waals surface area (Å²) in [4.78, 5) is 26.3. The van der Waals surface area contributed by atoms with Gasteiger partial charge in [0.25, 0.3) is 0 Å². The van der Waals surface area contributed by atoms with Gasteiger partial charge in [0, 0.05) is 41.1 Å². The molecule has 0 radical (unpaired) electrons. The van der Waals surface area contributed by atoms with Crippen LogP contribution in [0.5, 0.6) is 5.75 Å². The first kappa shape index (κ1) is 23.2. The van der Waals surface area contributed by atoms with Gasteiger partial charge in [0.05, 0.1) is 34.1 Å². The van der Waals surface area contributed by atoms with Crippen molar-refractivity contribution in [1.82, 2.24) is 25.1 Å². The smallest absolute Gasteiger partial charge is 0.226 e. The summed E-state index contributed by atoms with van der Waals surface area (Å²) in [6.07, 6.45) is 6.37. The van der Waals surface area contributed by atoms with Gasteiger partial charge in [-0.15, -0.1) is 11.3 Å². The molecule has 1 spiro atoms. The number of nitrogens with zero attached hydrogens (tertiary/aromatic N) is 4. The standard InChI is InChI=1S/C25H28N6O4S2/c1-2-35-19-9-17-15(10-28-30-17)7-18(19)29-22-21-16-4-3-14(8-20(16)36-23(21)27-13-26-22)24(32)31-11-25(12-31)5-6-37(25,33)34/h7,9-10,13-14,33-34H,2-6,8,11-12H2,1H3,(H,28,30)(H,26,27,29)/t14-/m0/s1. The molecule has 4 aromatic rings. The summed E-state index contributed by atoms with van der Waals surface area (Å²) in [5.41, 5.74) is 2.93. The van der Waals surface area contributed by atoms with Gasteiger partial charge in [-0.25, -0.2) is 9.97 Å². The van der Waals surface area contributed by atoms with E-state index in [0.29, 0.717) is 31.9 Å². The predicted molar refractivity (Wildman–Crippen MR) is 145 cm³/mol. The Morgan fingerprint density at radius 2 is 2.22 bits per heavy atom. The number of carbonyl (C=O) groups excluding carboxylic acids is 1. The molecular weight excluding hydrogens is 512 g/mol. The molecule has 2 aliphatic heterocycles. The topological polar surface area (TPSA) is 136 Å². The van der Waals surface area contributed by atoms with E-state index in [4.69, 9.17) is 4.74 Å². The molecule has 0 saturated carbocycles. The number of rotatable bonds is 5. The first-order valence-corrected chi connectivity index (χ1v) is 15.1. The van der Waals surface area contributed by atoms with E-state index in [2.05, 4.69) is 25.5 Å². The van der Waals surface area contributed by atoms with Crippen molar-refractivity contribution in [2.24, 2.45) is 5.92 Å². The van der Waals surface area contributed by atoms with Crippen molar-refractivity contribution < 1.29 is 18.6 Å². The number of thiophene rings is 1. The van der Waals surface area contributed by atoms with E-state index in [0.717, 1.165) is 57.6 Å². The molecule has 37 heavy (non-hydrogen) atoms. The lowest BCUT2D eigenvalue weighted by atomic mass is 9.85. The Bertz CT molecular complexity index is 1540. The van der Waals surface area contributed by atoms with Crippen molar-refractivity contribution in [2.75, 3.05) is 30.8 Å². The molecule has 1 atom stereocenters. The van der Waals surface area contributed by atoms with E-state index in [9.17, 15) is 13.9 Å². The summed E-state index contributed by atoms with van der Waals surface area (Å²) in [5, 5.41) is 12.6. The number of anilines is 2. The lowest BCUT2D eigenvalue weighted by Gasteiger charge is -2.67. The number of benzene rings is 1. The quantitative estimate of drug-likeness (QED) is 0.289. The van der Waals surface area contributed by atoms with Crippen LogP contribution in [-0.2, 0) is 17.6 Å². The largest absolute Gasteiger partial charge is 0.492 e. The summed E-state index contributed by atoms with van der Waals surface area (Å²) < 4.78 is 25.8. The van der Waals surface area contributed by atoms with Crippen molar-refractivity contribution in [1.29, 1.82) is 0 Å². The van der Waals surface area contributed by atoms with Crippen LogP contribution in [0.3, 0.4) is 0 Å². The number of amides is 1. The van der Waals surface area contributed by atoms with Crippen molar-refractivity contribution in [3.63, 3.8) is 0 Å². The lowest BCUT2D eigenvalue weighted by Crippen LogP contribution is -2.71. The number of hydrogen-bond donors (Lipinski definition) is 4. The molecule has 10 nitrogen and oxygen atoms in total. The SMILES string of the molecule is CCOc1cc2[nH]ncc2cc1Nc1ncnc2sc3c(c12)CC[C@H](C(=O)N1CC2(CCS2(O)O)C1)C3. The second-order valence-electron chi connectivity index (χ2n) is 10.2. The number of fused-ring (bicyclic) bond motifs is 4. The molecule has 3 aliphatic rings. The summed E-state index contributed by atoms with van der Waals surface area (Å²) >= 11 is 1.63. The van der Waals surface area contributed by atoms with E-state index in [-0.39, 0.29) is 11.8 Å². The third-order valence-electron chi connectivity index (χ3n) is 8.09.